The summed E-state index contributed by atoms with van der Waals surface area (Å²) in [6.45, 7) is 0.192. The lowest BCUT2D eigenvalue weighted by atomic mass is 10.3. The molecule has 0 aliphatic heterocycles. The number of benzene rings is 1. The fourth-order valence-corrected chi connectivity index (χ4v) is 2.12. The van der Waals surface area contributed by atoms with Gasteiger partial charge in [0.05, 0.1) is 23.0 Å². The average molecular weight is 299 g/mol. The lowest BCUT2D eigenvalue weighted by molar-refractivity contribution is 0.300. The highest BCUT2D eigenvalue weighted by molar-refractivity contribution is 7.90. The number of hydrogen-bond acceptors (Lipinski definition) is 5. The number of rotatable bonds is 4. The third-order valence-electron chi connectivity index (χ3n) is 2.29. The van der Waals surface area contributed by atoms with E-state index >= 15 is 0 Å². The summed E-state index contributed by atoms with van der Waals surface area (Å²) in [7, 11) is -3.24. The maximum Gasteiger partial charge on any atom is 0.175 e. The first-order valence-electron chi connectivity index (χ1n) is 5.34. The Kier molecular flexibility index (Phi) is 4.01. The van der Waals surface area contributed by atoms with Crippen LogP contribution in [-0.2, 0) is 16.4 Å². The number of halogens is 1. The van der Waals surface area contributed by atoms with Crippen molar-refractivity contribution in [2.45, 2.75) is 11.5 Å². The zero-order chi connectivity index (χ0) is 13.9. The number of nitrogens with zero attached hydrogens (tertiary/aromatic N) is 2. The SMILES string of the molecule is CS(=O)(=O)c1cccc(OCc2cnc(Cl)cn2)c1. The molecule has 0 aliphatic rings. The Labute approximate surface area is 116 Å². The van der Waals surface area contributed by atoms with Crippen LogP contribution < -0.4 is 4.74 Å². The number of aromatic nitrogens is 2. The van der Waals surface area contributed by atoms with E-state index in [4.69, 9.17) is 16.3 Å². The molecular formula is C12H11ClN2O3S. The molecule has 0 aliphatic carbocycles. The van der Waals surface area contributed by atoms with Crippen molar-refractivity contribution in [3.8, 4) is 5.75 Å². The molecule has 7 heteroatoms. The van der Waals surface area contributed by atoms with Gasteiger partial charge in [-0.05, 0) is 18.2 Å². The maximum absolute atomic E-state index is 11.4. The highest BCUT2D eigenvalue weighted by atomic mass is 35.5. The predicted molar refractivity (Wildman–Crippen MR) is 70.9 cm³/mol. The van der Waals surface area contributed by atoms with Crippen LogP contribution in [0, 0.1) is 0 Å². The minimum absolute atomic E-state index is 0.192. The molecule has 19 heavy (non-hydrogen) atoms. The van der Waals surface area contributed by atoms with Crippen LogP contribution in [0.4, 0.5) is 0 Å². The Morgan fingerprint density at radius 3 is 2.68 bits per heavy atom. The van der Waals surface area contributed by atoms with Crippen LogP contribution in [0.3, 0.4) is 0 Å². The fraction of sp³-hybridized carbons (Fsp3) is 0.167. The van der Waals surface area contributed by atoms with Crippen LogP contribution >= 0.6 is 11.6 Å². The summed E-state index contributed by atoms with van der Waals surface area (Å²) < 4.78 is 28.3. The predicted octanol–water partition coefficient (Wildman–Crippen LogP) is 2.11. The van der Waals surface area contributed by atoms with Gasteiger partial charge in [-0.25, -0.2) is 13.4 Å². The Hall–Kier alpha value is -1.66. The molecule has 0 bridgehead atoms. The van der Waals surface area contributed by atoms with Crippen LogP contribution in [-0.4, -0.2) is 24.6 Å². The Morgan fingerprint density at radius 1 is 1.26 bits per heavy atom. The maximum atomic E-state index is 11.4. The lowest BCUT2D eigenvalue weighted by Crippen LogP contribution is -2.01. The fourth-order valence-electron chi connectivity index (χ4n) is 1.37. The van der Waals surface area contributed by atoms with Gasteiger partial charge in [0.1, 0.15) is 17.5 Å². The van der Waals surface area contributed by atoms with Crippen molar-refractivity contribution in [1.29, 1.82) is 0 Å². The molecule has 1 heterocycles. The summed E-state index contributed by atoms with van der Waals surface area (Å²) in [5, 5.41) is 0.308. The first-order chi connectivity index (χ1) is 8.95. The number of hydrogen-bond donors (Lipinski definition) is 0. The monoisotopic (exact) mass is 298 g/mol. The van der Waals surface area contributed by atoms with Gasteiger partial charge in [-0.2, -0.15) is 0 Å². The molecule has 0 saturated carbocycles. The molecule has 0 amide bonds. The molecule has 5 nitrogen and oxygen atoms in total. The molecule has 1 aromatic carbocycles. The zero-order valence-corrected chi connectivity index (χ0v) is 11.6. The molecule has 2 rings (SSSR count). The van der Waals surface area contributed by atoms with Crippen molar-refractivity contribution in [1.82, 2.24) is 9.97 Å². The van der Waals surface area contributed by atoms with Crippen molar-refractivity contribution >= 4 is 21.4 Å². The molecule has 0 unspecified atom stereocenters. The van der Waals surface area contributed by atoms with Gasteiger partial charge in [-0.15, -0.1) is 0 Å². The third kappa shape index (κ3) is 3.90. The van der Waals surface area contributed by atoms with Gasteiger partial charge in [-0.1, -0.05) is 17.7 Å². The van der Waals surface area contributed by atoms with Crippen LogP contribution in [0.2, 0.25) is 5.15 Å². The number of sulfone groups is 1. The Bertz CT molecular complexity index is 672. The lowest BCUT2D eigenvalue weighted by Gasteiger charge is -2.06. The van der Waals surface area contributed by atoms with Crippen LogP contribution in [0.5, 0.6) is 5.75 Å². The molecule has 0 radical (unpaired) electrons. The quantitative estimate of drug-likeness (QED) is 0.864. The van der Waals surface area contributed by atoms with Gasteiger partial charge >= 0.3 is 0 Å². The summed E-state index contributed by atoms with van der Waals surface area (Å²) >= 11 is 5.62. The molecule has 100 valence electrons. The first-order valence-corrected chi connectivity index (χ1v) is 7.61. The average Bonchev–Trinajstić information content (AvgIpc) is 2.37. The summed E-state index contributed by atoms with van der Waals surface area (Å²) in [5.74, 6) is 0.458. The zero-order valence-electron chi connectivity index (χ0n) is 10.1. The van der Waals surface area contributed by atoms with Crippen molar-refractivity contribution in [2.24, 2.45) is 0 Å². The summed E-state index contributed by atoms with van der Waals surface area (Å²) in [6.07, 6.45) is 4.08. The molecule has 2 aromatic rings. The minimum Gasteiger partial charge on any atom is -0.487 e. The summed E-state index contributed by atoms with van der Waals surface area (Å²) in [5.41, 5.74) is 0.606. The van der Waals surface area contributed by atoms with Gasteiger partial charge in [0.25, 0.3) is 0 Å². The molecule has 0 spiro atoms. The normalized spacial score (nSPS) is 11.3. The van der Waals surface area contributed by atoms with Crippen LogP contribution in [0.1, 0.15) is 5.69 Å². The summed E-state index contributed by atoms with van der Waals surface area (Å²) in [4.78, 5) is 8.12. The largest absolute Gasteiger partial charge is 0.487 e. The molecule has 0 saturated heterocycles. The van der Waals surface area contributed by atoms with E-state index in [0.29, 0.717) is 16.6 Å². The van der Waals surface area contributed by atoms with Gasteiger partial charge in [0, 0.05) is 6.26 Å². The van der Waals surface area contributed by atoms with Crippen LogP contribution in [0.15, 0.2) is 41.6 Å². The highest BCUT2D eigenvalue weighted by Gasteiger charge is 2.08. The van der Waals surface area contributed by atoms with Crippen LogP contribution in [0.25, 0.3) is 0 Å². The molecular weight excluding hydrogens is 288 g/mol. The minimum atomic E-state index is -3.24. The van der Waals surface area contributed by atoms with E-state index in [1.54, 1.807) is 12.1 Å². The Morgan fingerprint density at radius 2 is 2.05 bits per heavy atom. The van der Waals surface area contributed by atoms with Gasteiger partial charge < -0.3 is 4.74 Å². The highest BCUT2D eigenvalue weighted by Crippen LogP contribution is 2.18. The first kappa shape index (κ1) is 13.8. The molecule has 0 fully saturated rings. The molecule has 0 atom stereocenters. The summed E-state index contributed by atoms with van der Waals surface area (Å²) in [6, 6.07) is 6.29. The third-order valence-corrected chi connectivity index (χ3v) is 3.60. The standard InChI is InChI=1S/C12H11ClN2O3S/c1-19(16,17)11-4-2-3-10(5-11)18-8-9-6-15-12(13)7-14-9/h2-7H,8H2,1H3. The smallest absolute Gasteiger partial charge is 0.175 e. The molecule has 1 aromatic heterocycles. The topological polar surface area (TPSA) is 69.2 Å². The Balaban J connectivity index is 2.10. The van der Waals surface area contributed by atoms with Gasteiger partial charge in [0.2, 0.25) is 0 Å². The molecule has 0 N–H and O–H groups in total. The van der Waals surface area contributed by atoms with E-state index in [1.165, 1.54) is 24.5 Å². The van der Waals surface area contributed by atoms with E-state index < -0.39 is 9.84 Å². The second-order valence-corrected chi connectivity index (χ2v) is 6.27. The van der Waals surface area contributed by atoms with Gasteiger partial charge in [0.15, 0.2) is 9.84 Å². The second kappa shape index (κ2) is 5.54. The van der Waals surface area contributed by atoms with E-state index in [9.17, 15) is 8.42 Å². The van der Waals surface area contributed by atoms with Crippen molar-refractivity contribution in [2.75, 3.05) is 6.26 Å². The number of ether oxygens (including phenoxy) is 1. The van der Waals surface area contributed by atoms with Crippen molar-refractivity contribution in [3.63, 3.8) is 0 Å². The van der Waals surface area contributed by atoms with E-state index in [0.717, 1.165) is 6.26 Å². The van der Waals surface area contributed by atoms with Crippen molar-refractivity contribution in [3.05, 3.63) is 47.5 Å². The van der Waals surface area contributed by atoms with Crippen molar-refractivity contribution < 1.29 is 13.2 Å². The van der Waals surface area contributed by atoms with E-state index in [1.807, 2.05) is 0 Å². The van der Waals surface area contributed by atoms with Gasteiger partial charge in [-0.3, -0.25) is 4.98 Å². The second-order valence-electron chi connectivity index (χ2n) is 3.87. The van der Waals surface area contributed by atoms with E-state index in [2.05, 4.69) is 9.97 Å². The van der Waals surface area contributed by atoms with E-state index in [-0.39, 0.29) is 11.5 Å².